The van der Waals surface area contributed by atoms with E-state index in [0.717, 1.165) is 12.8 Å². The molecule has 0 radical (unpaired) electrons. The minimum Gasteiger partial charge on any atom is -0.473 e. The van der Waals surface area contributed by atoms with Gasteiger partial charge < -0.3 is 9.64 Å². The summed E-state index contributed by atoms with van der Waals surface area (Å²) in [6.07, 6.45) is 5.01. The highest BCUT2D eigenvalue weighted by Crippen LogP contribution is 2.15. The molecule has 1 rings (SSSR count). The van der Waals surface area contributed by atoms with Crippen LogP contribution in [0.15, 0.2) is 31.0 Å². The van der Waals surface area contributed by atoms with Crippen LogP contribution in [0.5, 0.6) is 5.88 Å². The zero-order chi connectivity index (χ0) is 16.5. The van der Waals surface area contributed by atoms with Gasteiger partial charge in [0.1, 0.15) is 6.10 Å². The molecule has 0 saturated carbocycles. The summed E-state index contributed by atoms with van der Waals surface area (Å²) >= 11 is 5.82. The van der Waals surface area contributed by atoms with Crippen molar-refractivity contribution in [3.8, 4) is 5.88 Å². The number of carbonyl (C=O) groups is 1. The van der Waals surface area contributed by atoms with Crippen molar-refractivity contribution >= 4 is 17.5 Å². The monoisotopic (exact) mass is 325 g/mol. The van der Waals surface area contributed by atoms with Crippen molar-refractivity contribution in [1.29, 1.82) is 0 Å². The van der Waals surface area contributed by atoms with Crippen LogP contribution in [0.2, 0.25) is 5.02 Å². The molecule has 0 spiro atoms. The normalized spacial score (nSPS) is 12.0. The van der Waals surface area contributed by atoms with Gasteiger partial charge in [0.05, 0.1) is 11.6 Å². The quantitative estimate of drug-likeness (QED) is 0.654. The summed E-state index contributed by atoms with van der Waals surface area (Å²) < 4.78 is 5.90. The second-order valence-corrected chi connectivity index (χ2v) is 5.84. The number of nitrogens with zero attached hydrogens (tertiary/aromatic N) is 3. The van der Waals surface area contributed by atoms with Crippen molar-refractivity contribution in [3.63, 3.8) is 0 Å². The van der Waals surface area contributed by atoms with E-state index in [1.807, 2.05) is 18.0 Å². The van der Waals surface area contributed by atoms with Crippen molar-refractivity contribution in [1.82, 2.24) is 14.8 Å². The van der Waals surface area contributed by atoms with E-state index in [1.165, 1.54) is 0 Å². The predicted molar refractivity (Wildman–Crippen MR) is 89.3 cm³/mol. The first-order chi connectivity index (χ1) is 10.4. The molecule has 1 amide bonds. The molecule has 6 heteroatoms. The molecule has 0 aromatic carbocycles. The number of ether oxygens (including phenoxy) is 1. The molecule has 0 aliphatic rings. The number of halogens is 1. The minimum atomic E-state index is -0.0633. The first-order valence-electron chi connectivity index (χ1n) is 7.20. The predicted octanol–water partition coefficient (Wildman–Crippen LogP) is 2.47. The summed E-state index contributed by atoms with van der Waals surface area (Å²) in [5.74, 6) is 0.598. The molecule has 1 atom stereocenters. The van der Waals surface area contributed by atoms with E-state index < -0.39 is 0 Å². The topological polar surface area (TPSA) is 45.7 Å². The van der Waals surface area contributed by atoms with Gasteiger partial charge in [-0.25, -0.2) is 4.98 Å². The van der Waals surface area contributed by atoms with Crippen molar-refractivity contribution < 1.29 is 9.53 Å². The fourth-order valence-corrected chi connectivity index (χ4v) is 1.99. The Bertz CT molecular complexity index is 477. The third-order valence-corrected chi connectivity index (χ3v) is 3.32. The Kier molecular flexibility index (Phi) is 7.91. The van der Waals surface area contributed by atoms with Gasteiger partial charge in [0.25, 0.3) is 0 Å². The van der Waals surface area contributed by atoms with Gasteiger partial charge in [-0.3, -0.25) is 9.69 Å². The average Bonchev–Trinajstić information content (AvgIpc) is 2.46. The zero-order valence-corrected chi connectivity index (χ0v) is 14.2. The number of rotatable bonds is 9. The fourth-order valence-electron chi connectivity index (χ4n) is 1.88. The Morgan fingerprint density at radius 3 is 2.73 bits per heavy atom. The molecule has 0 aliphatic heterocycles. The summed E-state index contributed by atoms with van der Waals surface area (Å²) in [5, 5.41) is 0.573. The van der Waals surface area contributed by atoms with Gasteiger partial charge in [0, 0.05) is 32.9 Å². The maximum atomic E-state index is 11.7. The number of likely N-dealkylation sites (N-methyl/N-ethyl adjacent to an activating group) is 2. The van der Waals surface area contributed by atoms with Crippen LogP contribution in [-0.2, 0) is 4.79 Å². The van der Waals surface area contributed by atoms with E-state index in [4.69, 9.17) is 16.3 Å². The van der Waals surface area contributed by atoms with Crippen LogP contribution < -0.4 is 4.74 Å². The van der Waals surface area contributed by atoms with E-state index in [9.17, 15) is 4.79 Å². The van der Waals surface area contributed by atoms with Crippen LogP contribution in [0.25, 0.3) is 0 Å². The zero-order valence-electron chi connectivity index (χ0n) is 13.5. The van der Waals surface area contributed by atoms with Crippen LogP contribution >= 0.6 is 11.6 Å². The minimum absolute atomic E-state index is 0.0633. The molecule has 0 aliphatic carbocycles. The lowest BCUT2D eigenvalue weighted by molar-refractivity contribution is -0.129. The molecule has 0 fully saturated rings. The Morgan fingerprint density at radius 1 is 1.45 bits per heavy atom. The maximum Gasteiger partial charge on any atom is 0.236 e. The van der Waals surface area contributed by atoms with Crippen LogP contribution in [0.1, 0.15) is 12.8 Å². The number of hydrogen-bond donors (Lipinski definition) is 0. The molecule has 0 bridgehead atoms. The Balaban J connectivity index is 2.61. The second-order valence-electron chi connectivity index (χ2n) is 5.41. The SMILES string of the molecule is C=CCC[C@@H](CN(C)CC(=O)N(C)C)Oc1ccc(Cl)cn1. The molecule has 1 aromatic heterocycles. The smallest absolute Gasteiger partial charge is 0.236 e. The molecule has 0 unspecified atom stereocenters. The molecule has 1 aromatic rings. The largest absolute Gasteiger partial charge is 0.473 e. The second kappa shape index (κ2) is 9.43. The van der Waals surface area contributed by atoms with Gasteiger partial charge in [-0.15, -0.1) is 6.58 Å². The number of hydrogen-bond acceptors (Lipinski definition) is 4. The van der Waals surface area contributed by atoms with Gasteiger partial charge in [-0.05, 0) is 26.0 Å². The highest BCUT2D eigenvalue weighted by molar-refractivity contribution is 6.30. The number of pyridine rings is 1. The van der Waals surface area contributed by atoms with Crippen molar-refractivity contribution in [2.45, 2.75) is 18.9 Å². The van der Waals surface area contributed by atoms with Crippen LogP contribution in [0.3, 0.4) is 0 Å². The Labute approximate surface area is 137 Å². The number of allylic oxidation sites excluding steroid dienone is 1. The van der Waals surface area contributed by atoms with Gasteiger partial charge in [-0.2, -0.15) is 0 Å². The van der Waals surface area contributed by atoms with E-state index >= 15 is 0 Å². The highest BCUT2D eigenvalue weighted by Gasteiger charge is 2.16. The van der Waals surface area contributed by atoms with Crippen LogP contribution in [-0.4, -0.2) is 61.0 Å². The first kappa shape index (κ1) is 18.5. The van der Waals surface area contributed by atoms with E-state index in [-0.39, 0.29) is 12.0 Å². The summed E-state index contributed by atoms with van der Waals surface area (Å²) in [7, 11) is 5.40. The summed E-state index contributed by atoms with van der Waals surface area (Å²) in [4.78, 5) is 19.4. The van der Waals surface area contributed by atoms with Gasteiger partial charge in [0.15, 0.2) is 0 Å². The lowest BCUT2D eigenvalue weighted by Crippen LogP contribution is -2.39. The summed E-state index contributed by atoms with van der Waals surface area (Å²) in [5.41, 5.74) is 0. The lowest BCUT2D eigenvalue weighted by Gasteiger charge is -2.25. The molecule has 22 heavy (non-hydrogen) atoms. The third-order valence-electron chi connectivity index (χ3n) is 3.10. The number of aromatic nitrogens is 1. The molecule has 1 heterocycles. The van der Waals surface area contributed by atoms with Crippen molar-refractivity contribution in [3.05, 3.63) is 36.0 Å². The Morgan fingerprint density at radius 2 is 2.18 bits per heavy atom. The highest BCUT2D eigenvalue weighted by atomic mass is 35.5. The number of carbonyl (C=O) groups excluding carboxylic acids is 1. The molecule has 122 valence electrons. The fraction of sp³-hybridized carbons (Fsp3) is 0.500. The molecular weight excluding hydrogens is 302 g/mol. The van der Waals surface area contributed by atoms with E-state index in [1.54, 1.807) is 37.3 Å². The average molecular weight is 326 g/mol. The van der Waals surface area contributed by atoms with Crippen molar-refractivity contribution in [2.75, 3.05) is 34.2 Å². The van der Waals surface area contributed by atoms with Crippen molar-refractivity contribution in [2.24, 2.45) is 0 Å². The van der Waals surface area contributed by atoms with E-state index in [2.05, 4.69) is 11.6 Å². The van der Waals surface area contributed by atoms with Crippen LogP contribution in [0, 0.1) is 0 Å². The van der Waals surface area contributed by atoms with Gasteiger partial charge >= 0.3 is 0 Å². The van der Waals surface area contributed by atoms with Crippen LogP contribution in [0.4, 0.5) is 0 Å². The maximum absolute atomic E-state index is 11.7. The standard InChI is InChI=1S/C16H24ClN3O2/c1-5-6-7-14(11-20(4)12-16(21)19(2)3)22-15-9-8-13(17)10-18-15/h5,8-10,14H,1,6-7,11-12H2,2-4H3/t14-/m0/s1. The van der Waals surface area contributed by atoms with E-state index in [0.29, 0.717) is 24.0 Å². The summed E-state index contributed by atoms with van der Waals surface area (Å²) in [6, 6.07) is 3.49. The molecule has 0 saturated heterocycles. The van der Waals surface area contributed by atoms with Gasteiger partial charge in [0.2, 0.25) is 11.8 Å². The van der Waals surface area contributed by atoms with Gasteiger partial charge in [-0.1, -0.05) is 17.7 Å². The third kappa shape index (κ3) is 6.91. The summed E-state index contributed by atoms with van der Waals surface area (Å²) in [6.45, 7) is 4.73. The first-order valence-corrected chi connectivity index (χ1v) is 7.58. The molecule has 0 N–H and O–H groups in total. The lowest BCUT2D eigenvalue weighted by atomic mass is 10.2. The molecular formula is C16H24ClN3O2. The molecule has 5 nitrogen and oxygen atoms in total. The Hall–Kier alpha value is -1.59. The number of amides is 1.